The average molecular weight is 455 g/mol. The number of nitrogens with zero attached hydrogens (tertiary/aromatic N) is 1. The fraction of sp³-hybridized carbons (Fsp3) is 0.519. The molecule has 2 heterocycles. The van der Waals surface area contributed by atoms with E-state index in [1.165, 1.54) is 0 Å². The van der Waals surface area contributed by atoms with Gasteiger partial charge in [-0.15, -0.1) is 0 Å². The largest absolute Gasteiger partial charge is 0.486 e. The molecule has 180 valence electrons. The quantitative estimate of drug-likeness (QED) is 0.681. The molecule has 6 heteroatoms. The van der Waals surface area contributed by atoms with Gasteiger partial charge in [-0.1, -0.05) is 36.4 Å². The lowest BCUT2D eigenvalue weighted by atomic mass is 10.1. The summed E-state index contributed by atoms with van der Waals surface area (Å²) in [5.41, 5.74) is -0.823. The van der Waals surface area contributed by atoms with E-state index < -0.39 is 5.60 Å². The second kappa shape index (κ2) is 10.5. The third-order valence-corrected chi connectivity index (χ3v) is 5.63. The number of hydrogen-bond donors (Lipinski definition) is 1. The number of carbonyl (C=O) groups excluding carboxylic acids is 1. The maximum absolute atomic E-state index is 12.0. The Hall–Kier alpha value is -2.73. The van der Waals surface area contributed by atoms with Crippen molar-refractivity contribution >= 4 is 6.09 Å². The Balaban J connectivity index is 0.000000203. The van der Waals surface area contributed by atoms with Crippen molar-refractivity contribution in [2.24, 2.45) is 0 Å². The first kappa shape index (κ1) is 24.9. The van der Waals surface area contributed by atoms with Gasteiger partial charge < -0.3 is 24.4 Å². The summed E-state index contributed by atoms with van der Waals surface area (Å²) in [4.78, 5) is 13.8. The van der Waals surface area contributed by atoms with Gasteiger partial charge in [0.2, 0.25) is 0 Å². The molecule has 2 atom stereocenters. The monoisotopic (exact) mass is 454 g/mol. The van der Waals surface area contributed by atoms with Gasteiger partial charge in [-0.3, -0.25) is 0 Å². The number of amides is 1. The number of hydrogen-bond acceptors (Lipinski definition) is 5. The SMILES string of the molecule is CC(C)(C)OC(=O)N1CCC(C)(Oc2ccccc2)C1.CC1(Oc2ccccc2)CCNC1. The molecular weight excluding hydrogens is 416 g/mol. The molecule has 2 aliphatic heterocycles. The van der Waals surface area contributed by atoms with Gasteiger partial charge in [0.15, 0.2) is 0 Å². The van der Waals surface area contributed by atoms with E-state index in [1.54, 1.807) is 4.90 Å². The summed E-state index contributed by atoms with van der Waals surface area (Å²) in [5.74, 6) is 1.80. The first-order valence-corrected chi connectivity index (χ1v) is 11.7. The van der Waals surface area contributed by atoms with Gasteiger partial charge in [0.1, 0.15) is 28.3 Å². The molecule has 0 bridgehead atoms. The van der Waals surface area contributed by atoms with Crippen LogP contribution in [0.2, 0.25) is 0 Å². The smallest absolute Gasteiger partial charge is 0.410 e. The van der Waals surface area contributed by atoms with Crippen molar-refractivity contribution in [3.63, 3.8) is 0 Å². The molecule has 0 aromatic heterocycles. The van der Waals surface area contributed by atoms with Crippen molar-refractivity contribution in [3.8, 4) is 11.5 Å². The highest BCUT2D eigenvalue weighted by molar-refractivity contribution is 5.68. The van der Waals surface area contributed by atoms with Crippen molar-refractivity contribution < 1.29 is 19.0 Å². The molecule has 0 radical (unpaired) electrons. The van der Waals surface area contributed by atoms with E-state index in [-0.39, 0.29) is 17.3 Å². The summed E-state index contributed by atoms with van der Waals surface area (Å²) >= 11 is 0. The van der Waals surface area contributed by atoms with E-state index in [4.69, 9.17) is 14.2 Å². The van der Waals surface area contributed by atoms with Crippen LogP contribution in [0.3, 0.4) is 0 Å². The summed E-state index contributed by atoms with van der Waals surface area (Å²) in [6.45, 7) is 13.0. The van der Waals surface area contributed by atoms with Crippen LogP contribution in [0, 0.1) is 0 Å². The Labute approximate surface area is 198 Å². The van der Waals surface area contributed by atoms with Crippen LogP contribution in [0.25, 0.3) is 0 Å². The fourth-order valence-corrected chi connectivity index (χ4v) is 3.93. The van der Waals surface area contributed by atoms with Gasteiger partial charge in [-0.05, 0) is 65.4 Å². The van der Waals surface area contributed by atoms with Gasteiger partial charge >= 0.3 is 6.09 Å². The number of para-hydroxylation sites is 2. The third-order valence-electron chi connectivity index (χ3n) is 5.63. The molecular formula is C27H38N2O4. The number of ether oxygens (including phenoxy) is 3. The van der Waals surface area contributed by atoms with Crippen LogP contribution in [0.1, 0.15) is 47.5 Å². The van der Waals surface area contributed by atoms with Crippen molar-refractivity contribution in [1.29, 1.82) is 0 Å². The Morgan fingerprint density at radius 2 is 1.42 bits per heavy atom. The van der Waals surface area contributed by atoms with Crippen LogP contribution in [0.15, 0.2) is 60.7 Å². The van der Waals surface area contributed by atoms with Gasteiger partial charge in [0, 0.05) is 25.9 Å². The Kier molecular flexibility index (Phi) is 7.90. The van der Waals surface area contributed by atoms with Crippen LogP contribution in [0.4, 0.5) is 4.79 Å². The van der Waals surface area contributed by atoms with E-state index in [2.05, 4.69) is 12.2 Å². The second-order valence-corrected chi connectivity index (χ2v) is 10.3. The van der Waals surface area contributed by atoms with Gasteiger partial charge in [0.25, 0.3) is 0 Å². The normalized spacial score (nSPS) is 24.6. The zero-order valence-electron chi connectivity index (χ0n) is 20.6. The second-order valence-electron chi connectivity index (χ2n) is 10.3. The summed E-state index contributed by atoms with van der Waals surface area (Å²) < 4.78 is 17.3. The predicted molar refractivity (Wildman–Crippen MR) is 131 cm³/mol. The number of likely N-dealkylation sites (tertiary alicyclic amines) is 1. The first-order valence-electron chi connectivity index (χ1n) is 11.7. The van der Waals surface area contributed by atoms with Crippen molar-refractivity contribution in [2.45, 2.75) is 64.3 Å². The molecule has 2 saturated heterocycles. The average Bonchev–Trinajstić information content (AvgIpc) is 3.35. The highest BCUT2D eigenvalue weighted by Gasteiger charge is 2.39. The maximum Gasteiger partial charge on any atom is 0.410 e. The number of carbonyl (C=O) groups is 1. The van der Waals surface area contributed by atoms with Crippen LogP contribution in [-0.4, -0.2) is 54.0 Å². The first-order chi connectivity index (χ1) is 15.6. The molecule has 0 aliphatic carbocycles. The van der Waals surface area contributed by atoms with E-state index in [0.717, 1.165) is 37.4 Å². The molecule has 1 N–H and O–H groups in total. The van der Waals surface area contributed by atoms with Crippen LogP contribution >= 0.6 is 0 Å². The topological polar surface area (TPSA) is 60.0 Å². The maximum atomic E-state index is 12.0. The number of rotatable bonds is 4. The third kappa shape index (κ3) is 7.97. The summed E-state index contributed by atoms with van der Waals surface area (Å²) in [6.07, 6.45) is 1.63. The van der Waals surface area contributed by atoms with Crippen LogP contribution in [0.5, 0.6) is 11.5 Å². The molecule has 6 nitrogen and oxygen atoms in total. The molecule has 2 aromatic carbocycles. The lowest BCUT2D eigenvalue weighted by Crippen LogP contribution is -2.40. The molecule has 33 heavy (non-hydrogen) atoms. The molecule has 1 amide bonds. The summed E-state index contributed by atoms with van der Waals surface area (Å²) in [7, 11) is 0. The lowest BCUT2D eigenvalue weighted by Gasteiger charge is -2.28. The van der Waals surface area contributed by atoms with Crippen LogP contribution in [-0.2, 0) is 4.74 Å². The minimum atomic E-state index is -0.462. The highest BCUT2D eigenvalue weighted by atomic mass is 16.6. The van der Waals surface area contributed by atoms with Gasteiger partial charge in [0.05, 0.1) is 6.54 Å². The molecule has 2 aromatic rings. The molecule has 4 rings (SSSR count). The van der Waals surface area contributed by atoms with Crippen LogP contribution < -0.4 is 14.8 Å². The van der Waals surface area contributed by atoms with E-state index in [9.17, 15) is 4.79 Å². The van der Waals surface area contributed by atoms with Gasteiger partial charge in [-0.25, -0.2) is 4.79 Å². The molecule has 2 aliphatic rings. The van der Waals surface area contributed by atoms with Crippen molar-refractivity contribution in [3.05, 3.63) is 60.7 Å². The van der Waals surface area contributed by atoms with Crippen molar-refractivity contribution in [1.82, 2.24) is 10.2 Å². The summed E-state index contributed by atoms with van der Waals surface area (Å²) in [6, 6.07) is 19.7. The number of benzene rings is 2. The zero-order chi connectivity index (χ0) is 24.0. The molecule has 0 spiro atoms. The Morgan fingerprint density at radius 1 is 0.879 bits per heavy atom. The molecule has 2 unspecified atom stereocenters. The van der Waals surface area contributed by atoms with E-state index >= 15 is 0 Å². The summed E-state index contributed by atoms with van der Waals surface area (Å²) in [5, 5.41) is 3.31. The zero-order valence-corrected chi connectivity index (χ0v) is 20.6. The molecule has 2 fully saturated rings. The predicted octanol–water partition coefficient (Wildman–Crippen LogP) is 5.28. The lowest BCUT2D eigenvalue weighted by molar-refractivity contribution is 0.0229. The minimum Gasteiger partial charge on any atom is -0.486 e. The minimum absolute atomic E-state index is 0.0125. The fourth-order valence-electron chi connectivity index (χ4n) is 3.93. The van der Waals surface area contributed by atoms with Gasteiger partial charge in [-0.2, -0.15) is 0 Å². The Morgan fingerprint density at radius 3 is 1.91 bits per heavy atom. The highest BCUT2D eigenvalue weighted by Crippen LogP contribution is 2.28. The standard InChI is InChI=1S/C16H23NO3.C11H15NO/c1-15(2,3)20-14(18)17-11-10-16(4,12-17)19-13-8-6-5-7-9-13;1-11(7-8-12-9-11)13-10-5-3-2-4-6-10/h5-9H,10-12H2,1-4H3;2-6,12H,7-9H2,1H3. The van der Waals surface area contributed by atoms with E-state index in [0.29, 0.717) is 13.1 Å². The Bertz CT molecular complexity index is 876. The van der Waals surface area contributed by atoms with E-state index in [1.807, 2.05) is 88.4 Å². The number of nitrogens with one attached hydrogen (secondary N) is 1. The van der Waals surface area contributed by atoms with Crippen molar-refractivity contribution in [2.75, 3.05) is 26.2 Å². The molecule has 0 saturated carbocycles.